The number of aromatic nitrogens is 2. The number of carbonyl (C=O) groups is 1. The van der Waals surface area contributed by atoms with E-state index in [1.165, 1.54) is 10.9 Å². The van der Waals surface area contributed by atoms with E-state index in [-0.39, 0.29) is 11.4 Å². The zero-order valence-electron chi connectivity index (χ0n) is 11.6. The van der Waals surface area contributed by atoms with Gasteiger partial charge in [0.15, 0.2) is 11.4 Å². The van der Waals surface area contributed by atoms with Gasteiger partial charge in [0.1, 0.15) is 5.75 Å². The second-order valence-corrected chi connectivity index (χ2v) is 5.30. The van der Waals surface area contributed by atoms with Gasteiger partial charge in [0.2, 0.25) is 0 Å². The Labute approximate surface area is 116 Å². The van der Waals surface area contributed by atoms with Crippen LogP contribution in [0.25, 0.3) is 0 Å². The molecule has 0 unspecified atom stereocenters. The molecule has 2 rings (SSSR count). The third-order valence-electron chi connectivity index (χ3n) is 2.66. The van der Waals surface area contributed by atoms with Gasteiger partial charge in [-0.15, -0.1) is 0 Å². The van der Waals surface area contributed by atoms with E-state index in [4.69, 9.17) is 9.94 Å². The van der Waals surface area contributed by atoms with Crippen LogP contribution >= 0.6 is 0 Å². The fourth-order valence-corrected chi connectivity index (χ4v) is 1.79. The van der Waals surface area contributed by atoms with Crippen molar-refractivity contribution in [2.75, 3.05) is 0 Å². The van der Waals surface area contributed by atoms with Crippen molar-refractivity contribution in [3.8, 4) is 11.5 Å². The van der Waals surface area contributed by atoms with E-state index in [1.807, 2.05) is 39.0 Å². The number of ether oxygens (including phenoxy) is 1. The van der Waals surface area contributed by atoms with Crippen LogP contribution in [0.2, 0.25) is 0 Å². The molecular weight excluding hydrogens is 258 g/mol. The maximum atomic E-state index is 11.9. The number of nitrogens with one attached hydrogen (secondary N) is 1. The zero-order chi connectivity index (χ0) is 14.8. The third-order valence-corrected chi connectivity index (χ3v) is 2.66. The molecule has 0 aliphatic carbocycles. The van der Waals surface area contributed by atoms with E-state index in [0.717, 1.165) is 0 Å². The van der Waals surface area contributed by atoms with Crippen molar-refractivity contribution in [3.05, 3.63) is 42.2 Å². The minimum absolute atomic E-state index is 0.170. The first kappa shape index (κ1) is 14.1. The molecule has 0 fully saturated rings. The molecule has 6 nitrogen and oxygen atoms in total. The number of hydrogen-bond donors (Lipinski definition) is 2. The maximum Gasteiger partial charge on any atom is 0.296 e. The lowest BCUT2D eigenvalue weighted by molar-refractivity contribution is 0.0684. The van der Waals surface area contributed by atoms with Gasteiger partial charge in [-0.05, 0) is 32.9 Å². The largest absolute Gasteiger partial charge is 0.453 e. The highest BCUT2D eigenvalue weighted by Gasteiger charge is 2.26. The Balaban J connectivity index is 2.44. The maximum absolute atomic E-state index is 11.9. The molecule has 0 radical (unpaired) electrons. The molecule has 2 N–H and O–H groups in total. The topological polar surface area (TPSA) is 76.4 Å². The van der Waals surface area contributed by atoms with Gasteiger partial charge in [-0.2, -0.15) is 5.10 Å². The number of hydrogen-bond acceptors (Lipinski definition) is 4. The molecule has 0 atom stereocenters. The van der Waals surface area contributed by atoms with Gasteiger partial charge in [0, 0.05) is 0 Å². The summed E-state index contributed by atoms with van der Waals surface area (Å²) in [5.74, 6) is 0.217. The second kappa shape index (κ2) is 5.34. The normalized spacial score (nSPS) is 11.2. The number of para-hydroxylation sites is 1. The number of benzene rings is 1. The summed E-state index contributed by atoms with van der Waals surface area (Å²) in [4.78, 5) is 11.9. The molecule has 0 aliphatic rings. The van der Waals surface area contributed by atoms with Crippen molar-refractivity contribution in [1.82, 2.24) is 15.3 Å². The Morgan fingerprint density at radius 1 is 1.30 bits per heavy atom. The summed E-state index contributed by atoms with van der Waals surface area (Å²) in [6.07, 6.45) is 1.46. The Kier molecular flexibility index (Phi) is 3.76. The summed E-state index contributed by atoms with van der Waals surface area (Å²) >= 11 is 0. The molecule has 1 amide bonds. The molecule has 106 valence electrons. The third kappa shape index (κ3) is 2.80. The van der Waals surface area contributed by atoms with Crippen molar-refractivity contribution in [2.45, 2.75) is 26.3 Å². The van der Waals surface area contributed by atoms with Gasteiger partial charge in [-0.3, -0.25) is 14.7 Å². The van der Waals surface area contributed by atoms with E-state index in [1.54, 1.807) is 17.6 Å². The van der Waals surface area contributed by atoms with Crippen LogP contribution in [-0.4, -0.2) is 20.9 Å². The lowest BCUT2D eigenvalue weighted by Crippen LogP contribution is -2.31. The van der Waals surface area contributed by atoms with Crippen LogP contribution in [0.5, 0.6) is 11.5 Å². The fraction of sp³-hybridized carbons (Fsp3) is 0.286. The Morgan fingerprint density at radius 3 is 2.50 bits per heavy atom. The molecule has 6 heteroatoms. The highest BCUT2D eigenvalue weighted by molar-refractivity contribution is 5.94. The van der Waals surface area contributed by atoms with E-state index in [2.05, 4.69) is 5.10 Å². The number of carbonyl (C=O) groups excluding carboxylic acids is 1. The van der Waals surface area contributed by atoms with Crippen LogP contribution in [0.1, 0.15) is 31.3 Å². The van der Waals surface area contributed by atoms with Crippen LogP contribution in [0.4, 0.5) is 0 Å². The smallest absolute Gasteiger partial charge is 0.296 e. The number of nitrogens with zero attached hydrogens (tertiary/aromatic N) is 2. The summed E-state index contributed by atoms with van der Waals surface area (Å²) in [5.41, 5.74) is 1.38. The minimum Gasteiger partial charge on any atom is -0.453 e. The summed E-state index contributed by atoms with van der Waals surface area (Å²) in [6, 6.07) is 9.07. The molecule has 0 spiro atoms. The second-order valence-electron chi connectivity index (χ2n) is 5.30. The predicted molar refractivity (Wildman–Crippen MR) is 73.0 cm³/mol. The molecule has 2 aromatic rings. The molecule has 0 saturated heterocycles. The fourth-order valence-electron chi connectivity index (χ4n) is 1.79. The van der Waals surface area contributed by atoms with Crippen molar-refractivity contribution >= 4 is 5.91 Å². The molecule has 0 bridgehead atoms. The summed E-state index contributed by atoms with van der Waals surface area (Å²) in [7, 11) is 0. The summed E-state index contributed by atoms with van der Waals surface area (Å²) < 4.78 is 7.16. The first-order chi connectivity index (χ1) is 9.43. The van der Waals surface area contributed by atoms with Gasteiger partial charge >= 0.3 is 0 Å². The van der Waals surface area contributed by atoms with Crippen LogP contribution in [-0.2, 0) is 5.54 Å². The number of amides is 1. The highest BCUT2D eigenvalue weighted by Crippen LogP contribution is 2.28. The van der Waals surface area contributed by atoms with Crippen LogP contribution < -0.4 is 10.2 Å². The SMILES string of the molecule is CC(C)(C)n1ncc(Oc2ccccc2)c1C(=O)NO. The van der Waals surface area contributed by atoms with Crippen molar-refractivity contribution in [1.29, 1.82) is 0 Å². The Morgan fingerprint density at radius 2 is 1.95 bits per heavy atom. The molecule has 1 aromatic carbocycles. The van der Waals surface area contributed by atoms with Gasteiger partial charge in [-0.25, -0.2) is 5.48 Å². The number of hydroxylamine groups is 1. The molecular formula is C14H17N3O3. The standard InChI is InChI=1S/C14H17N3O3/c1-14(2,3)17-12(13(18)16-19)11(9-15-17)20-10-7-5-4-6-8-10/h4-9,19H,1-3H3,(H,16,18). The van der Waals surface area contributed by atoms with E-state index in [9.17, 15) is 4.79 Å². The van der Waals surface area contributed by atoms with E-state index >= 15 is 0 Å². The quantitative estimate of drug-likeness (QED) is 0.666. The highest BCUT2D eigenvalue weighted by atomic mass is 16.5. The Hall–Kier alpha value is -2.34. The summed E-state index contributed by atoms with van der Waals surface area (Å²) in [5, 5.41) is 13.1. The number of rotatable bonds is 3. The molecule has 20 heavy (non-hydrogen) atoms. The lowest BCUT2D eigenvalue weighted by atomic mass is 10.1. The van der Waals surface area contributed by atoms with Gasteiger partial charge in [0.25, 0.3) is 5.91 Å². The van der Waals surface area contributed by atoms with Gasteiger partial charge in [0.05, 0.1) is 11.7 Å². The van der Waals surface area contributed by atoms with Crippen LogP contribution in [0.15, 0.2) is 36.5 Å². The summed E-state index contributed by atoms with van der Waals surface area (Å²) in [6.45, 7) is 5.71. The van der Waals surface area contributed by atoms with E-state index in [0.29, 0.717) is 5.75 Å². The average Bonchev–Trinajstić information content (AvgIpc) is 2.82. The molecule has 0 saturated carbocycles. The predicted octanol–water partition coefficient (Wildman–Crippen LogP) is 2.55. The van der Waals surface area contributed by atoms with Crippen molar-refractivity contribution < 1.29 is 14.7 Å². The first-order valence-corrected chi connectivity index (χ1v) is 6.19. The zero-order valence-corrected chi connectivity index (χ0v) is 11.6. The van der Waals surface area contributed by atoms with Crippen LogP contribution in [0, 0.1) is 0 Å². The first-order valence-electron chi connectivity index (χ1n) is 6.19. The molecule has 0 aliphatic heterocycles. The lowest BCUT2D eigenvalue weighted by Gasteiger charge is -2.21. The average molecular weight is 275 g/mol. The minimum atomic E-state index is -0.664. The molecule has 1 heterocycles. The van der Waals surface area contributed by atoms with Crippen molar-refractivity contribution in [2.24, 2.45) is 0 Å². The van der Waals surface area contributed by atoms with Crippen LogP contribution in [0.3, 0.4) is 0 Å². The van der Waals surface area contributed by atoms with E-state index < -0.39 is 11.4 Å². The van der Waals surface area contributed by atoms with Gasteiger partial charge in [-0.1, -0.05) is 18.2 Å². The van der Waals surface area contributed by atoms with Gasteiger partial charge < -0.3 is 4.74 Å². The molecule has 1 aromatic heterocycles. The Bertz CT molecular complexity index is 600. The monoisotopic (exact) mass is 275 g/mol. The van der Waals surface area contributed by atoms with Crippen molar-refractivity contribution in [3.63, 3.8) is 0 Å².